The molecule has 88 valence electrons. The van der Waals surface area contributed by atoms with Gasteiger partial charge in [-0.25, -0.2) is 4.98 Å². The zero-order valence-electron chi connectivity index (χ0n) is 9.46. The Labute approximate surface area is 99.2 Å². The predicted octanol–water partition coefficient (Wildman–Crippen LogP) is 1.74. The molecule has 17 heavy (non-hydrogen) atoms. The normalized spacial score (nSPS) is 10.0. The Bertz CT molecular complexity index is 503. The molecule has 0 fully saturated rings. The second kappa shape index (κ2) is 5.27. The first-order valence-electron chi connectivity index (χ1n) is 5.16. The van der Waals surface area contributed by atoms with Gasteiger partial charge in [-0.15, -0.1) is 0 Å². The van der Waals surface area contributed by atoms with Crippen molar-refractivity contribution in [1.29, 1.82) is 0 Å². The van der Waals surface area contributed by atoms with Crippen LogP contribution in [0.4, 0.5) is 0 Å². The summed E-state index contributed by atoms with van der Waals surface area (Å²) in [5.74, 6) is 1.21. The number of nitrogens with zero attached hydrogens (tertiary/aromatic N) is 2. The lowest BCUT2D eigenvalue weighted by atomic mass is 10.3. The topological polar surface area (TPSA) is 70.3 Å². The van der Waals surface area contributed by atoms with E-state index in [1.807, 2.05) is 18.2 Å². The molecule has 2 N–H and O–H groups in total. The van der Waals surface area contributed by atoms with Crippen molar-refractivity contribution in [1.82, 2.24) is 9.97 Å². The molecule has 0 atom stereocenters. The van der Waals surface area contributed by atoms with Gasteiger partial charge >= 0.3 is 6.01 Å². The van der Waals surface area contributed by atoms with E-state index in [1.165, 1.54) is 0 Å². The van der Waals surface area contributed by atoms with Crippen molar-refractivity contribution < 1.29 is 9.47 Å². The fourth-order valence-electron chi connectivity index (χ4n) is 1.34. The van der Waals surface area contributed by atoms with Crippen LogP contribution in [0.5, 0.6) is 17.5 Å². The van der Waals surface area contributed by atoms with Gasteiger partial charge in [-0.1, -0.05) is 12.1 Å². The molecule has 0 aliphatic heterocycles. The molecular weight excluding hydrogens is 218 g/mol. The van der Waals surface area contributed by atoms with Crippen LogP contribution in [0.1, 0.15) is 5.69 Å². The van der Waals surface area contributed by atoms with Crippen molar-refractivity contribution in [2.45, 2.75) is 6.54 Å². The minimum absolute atomic E-state index is 0.262. The zero-order chi connectivity index (χ0) is 12.1. The molecule has 5 nitrogen and oxygen atoms in total. The van der Waals surface area contributed by atoms with Crippen LogP contribution in [0, 0.1) is 0 Å². The Kier molecular flexibility index (Phi) is 3.52. The van der Waals surface area contributed by atoms with Gasteiger partial charge in [0.1, 0.15) is 0 Å². The van der Waals surface area contributed by atoms with E-state index in [2.05, 4.69) is 9.97 Å². The molecule has 1 heterocycles. The van der Waals surface area contributed by atoms with Gasteiger partial charge in [-0.2, -0.15) is 4.98 Å². The minimum atomic E-state index is 0.262. The molecule has 2 rings (SSSR count). The molecule has 5 heteroatoms. The molecule has 0 radical (unpaired) electrons. The SMILES string of the molecule is COc1ccccc1Oc1nccc(CN)n1. The van der Waals surface area contributed by atoms with Crippen LogP contribution in [0.25, 0.3) is 0 Å². The van der Waals surface area contributed by atoms with Crippen molar-refractivity contribution in [2.75, 3.05) is 7.11 Å². The highest BCUT2D eigenvalue weighted by atomic mass is 16.5. The molecule has 2 aromatic rings. The number of aromatic nitrogens is 2. The highest BCUT2D eigenvalue weighted by Gasteiger charge is 2.06. The smallest absolute Gasteiger partial charge is 0.322 e. The maximum atomic E-state index is 5.54. The lowest BCUT2D eigenvalue weighted by Gasteiger charge is -2.08. The van der Waals surface area contributed by atoms with E-state index in [0.29, 0.717) is 18.0 Å². The summed E-state index contributed by atoms with van der Waals surface area (Å²) in [4.78, 5) is 8.16. The summed E-state index contributed by atoms with van der Waals surface area (Å²) >= 11 is 0. The van der Waals surface area contributed by atoms with E-state index in [1.54, 1.807) is 25.4 Å². The van der Waals surface area contributed by atoms with E-state index in [9.17, 15) is 0 Å². The number of nitrogens with two attached hydrogens (primary N) is 1. The van der Waals surface area contributed by atoms with Gasteiger partial charge in [-0.3, -0.25) is 0 Å². The zero-order valence-corrected chi connectivity index (χ0v) is 9.46. The number of hydrogen-bond donors (Lipinski definition) is 1. The fourth-order valence-corrected chi connectivity index (χ4v) is 1.34. The second-order valence-electron chi connectivity index (χ2n) is 3.29. The Morgan fingerprint density at radius 1 is 1.18 bits per heavy atom. The van der Waals surface area contributed by atoms with Gasteiger partial charge in [0.25, 0.3) is 0 Å². The van der Waals surface area contributed by atoms with E-state index >= 15 is 0 Å². The molecule has 1 aromatic carbocycles. The number of para-hydroxylation sites is 2. The maximum Gasteiger partial charge on any atom is 0.322 e. The molecule has 0 aliphatic carbocycles. The monoisotopic (exact) mass is 231 g/mol. The summed E-state index contributed by atoms with van der Waals surface area (Å²) in [5, 5.41) is 0. The summed E-state index contributed by atoms with van der Waals surface area (Å²) in [6, 6.07) is 9.32. The summed E-state index contributed by atoms with van der Waals surface area (Å²) < 4.78 is 10.7. The number of hydrogen-bond acceptors (Lipinski definition) is 5. The first kappa shape index (κ1) is 11.3. The maximum absolute atomic E-state index is 5.54. The molecule has 0 saturated heterocycles. The van der Waals surface area contributed by atoms with Crippen molar-refractivity contribution in [3.63, 3.8) is 0 Å². The second-order valence-corrected chi connectivity index (χ2v) is 3.29. The highest BCUT2D eigenvalue weighted by molar-refractivity contribution is 5.40. The molecule has 0 unspecified atom stereocenters. The van der Waals surface area contributed by atoms with Crippen LogP contribution in [0.15, 0.2) is 36.5 Å². The van der Waals surface area contributed by atoms with Crippen molar-refractivity contribution in [3.8, 4) is 17.5 Å². The Hall–Kier alpha value is -2.14. The molecule has 0 saturated carbocycles. The summed E-state index contributed by atoms with van der Waals surface area (Å²) in [6.45, 7) is 0.352. The van der Waals surface area contributed by atoms with Crippen molar-refractivity contribution in [3.05, 3.63) is 42.2 Å². The van der Waals surface area contributed by atoms with Gasteiger partial charge in [0.2, 0.25) is 0 Å². The first-order valence-corrected chi connectivity index (χ1v) is 5.16. The third-order valence-corrected chi connectivity index (χ3v) is 2.17. The molecule has 0 bridgehead atoms. The van der Waals surface area contributed by atoms with Crippen LogP contribution < -0.4 is 15.2 Å². The van der Waals surface area contributed by atoms with Gasteiger partial charge < -0.3 is 15.2 Å². The van der Waals surface area contributed by atoms with Crippen LogP contribution in [-0.2, 0) is 6.54 Å². The predicted molar refractivity (Wildman–Crippen MR) is 63.0 cm³/mol. The Balaban J connectivity index is 2.24. The lowest BCUT2D eigenvalue weighted by molar-refractivity contribution is 0.367. The quantitative estimate of drug-likeness (QED) is 0.867. The first-order chi connectivity index (χ1) is 8.33. The van der Waals surface area contributed by atoms with Crippen LogP contribution in [0.3, 0.4) is 0 Å². The fraction of sp³-hybridized carbons (Fsp3) is 0.167. The highest BCUT2D eigenvalue weighted by Crippen LogP contribution is 2.28. The van der Waals surface area contributed by atoms with Crippen LogP contribution in [-0.4, -0.2) is 17.1 Å². The number of methoxy groups -OCH3 is 1. The van der Waals surface area contributed by atoms with Gasteiger partial charge in [0, 0.05) is 12.7 Å². The molecule has 0 amide bonds. The number of ether oxygens (including phenoxy) is 2. The van der Waals surface area contributed by atoms with Gasteiger partial charge in [0.15, 0.2) is 11.5 Å². The van der Waals surface area contributed by atoms with Crippen LogP contribution in [0.2, 0.25) is 0 Å². The summed E-state index contributed by atoms with van der Waals surface area (Å²) in [7, 11) is 1.58. The molecule has 0 spiro atoms. The van der Waals surface area contributed by atoms with Crippen LogP contribution >= 0.6 is 0 Å². The van der Waals surface area contributed by atoms with Crippen molar-refractivity contribution >= 4 is 0 Å². The number of benzene rings is 1. The number of rotatable bonds is 4. The van der Waals surface area contributed by atoms with E-state index < -0.39 is 0 Å². The standard InChI is InChI=1S/C12H13N3O2/c1-16-10-4-2-3-5-11(10)17-12-14-7-6-9(8-13)15-12/h2-7H,8,13H2,1H3. The van der Waals surface area contributed by atoms with Gasteiger partial charge in [0.05, 0.1) is 12.8 Å². The average molecular weight is 231 g/mol. The van der Waals surface area contributed by atoms with Gasteiger partial charge in [-0.05, 0) is 18.2 Å². The minimum Gasteiger partial charge on any atom is -0.493 e. The van der Waals surface area contributed by atoms with E-state index in [4.69, 9.17) is 15.2 Å². The Morgan fingerprint density at radius 3 is 2.65 bits per heavy atom. The molecular formula is C12H13N3O2. The molecule has 1 aromatic heterocycles. The van der Waals surface area contributed by atoms with Crippen molar-refractivity contribution in [2.24, 2.45) is 5.73 Å². The third kappa shape index (κ3) is 2.70. The molecule has 0 aliphatic rings. The largest absolute Gasteiger partial charge is 0.493 e. The average Bonchev–Trinajstić information content (AvgIpc) is 2.39. The summed E-state index contributed by atoms with van der Waals surface area (Å²) in [6.07, 6.45) is 1.61. The summed E-state index contributed by atoms with van der Waals surface area (Å²) in [5.41, 5.74) is 6.22. The van der Waals surface area contributed by atoms with E-state index in [-0.39, 0.29) is 6.01 Å². The lowest BCUT2D eigenvalue weighted by Crippen LogP contribution is -2.02. The van der Waals surface area contributed by atoms with E-state index in [0.717, 1.165) is 5.69 Å². The third-order valence-electron chi connectivity index (χ3n) is 2.17. The Morgan fingerprint density at radius 2 is 1.94 bits per heavy atom.